The predicted octanol–water partition coefficient (Wildman–Crippen LogP) is -1.32. The van der Waals surface area contributed by atoms with Crippen molar-refractivity contribution in [2.75, 3.05) is 26.4 Å². The lowest BCUT2D eigenvalue weighted by atomic mass is 9.33. The summed E-state index contributed by atoms with van der Waals surface area (Å²) in [6, 6.07) is 0. The number of aliphatic hydroxyl groups is 12. The van der Waals surface area contributed by atoms with Crippen LogP contribution in [0, 0.1) is 50.2 Å². The zero-order chi connectivity index (χ0) is 58.4. The molecule has 24 nitrogen and oxygen atoms in total. The quantitative estimate of drug-likeness (QED) is 0.0415. The Bertz CT molecular complexity index is 2300. The van der Waals surface area contributed by atoms with Crippen LogP contribution in [-0.2, 0) is 52.3 Å². The summed E-state index contributed by atoms with van der Waals surface area (Å²) < 4.78 is 47.4. The molecule has 4 saturated carbocycles. The van der Waals surface area contributed by atoms with E-state index in [4.69, 9.17) is 37.9 Å². The highest BCUT2D eigenvalue weighted by Crippen LogP contribution is 2.76. The third kappa shape index (κ3) is 9.94. The molecule has 0 radical (unpaired) electrons. The summed E-state index contributed by atoms with van der Waals surface area (Å²) in [6.45, 7) is 14.2. The maximum absolute atomic E-state index is 13.4. The lowest BCUT2D eigenvalue weighted by Gasteiger charge is -2.72. The van der Waals surface area contributed by atoms with E-state index in [0.717, 1.165) is 5.57 Å². The first kappa shape index (κ1) is 62.2. The maximum atomic E-state index is 13.4. The fourth-order valence-electron chi connectivity index (χ4n) is 16.2. The average molecular weight is 1130 g/mol. The molecule has 8 aliphatic rings. The van der Waals surface area contributed by atoms with Gasteiger partial charge in [0.1, 0.15) is 79.4 Å². The lowest BCUT2D eigenvalue weighted by molar-refractivity contribution is -0.389. The summed E-state index contributed by atoms with van der Waals surface area (Å²) in [6.07, 6.45) is -26.1. The summed E-state index contributed by atoms with van der Waals surface area (Å²) in [4.78, 5) is 39.3. The highest BCUT2D eigenvalue weighted by atomic mass is 16.8. The van der Waals surface area contributed by atoms with E-state index in [1.165, 1.54) is 6.92 Å². The first-order chi connectivity index (χ1) is 36.9. The molecule has 24 heteroatoms. The first-order valence-electron chi connectivity index (χ1n) is 27.7. The Balaban J connectivity index is 1.04. The van der Waals surface area contributed by atoms with Crippen LogP contribution in [0.15, 0.2) is 23.3 Å². The largest absolute Gasteiger partial charge is 0.479 e. The van der Waals surface area contributed by atoms with Crippen LogP contribution in [0.5, 0.6) is 0 Å². The van der Waals surface area contributed by atoms with Gasteiger partial charge < -0.3 is 104 Å². The molecule has 3 heterocycles. The van der Waals surface area contributed by atoms with Crippen molar-refractivity contribution in [2.45, 2.75) is 224 Å². The number of aliphatic hydroxyl groups excluding tert-OH is 12. The predicted molar refractivity (Wildman–Crippen MR) is 269 cm³/mol. The molecule has 7 fully saturated rings. The fraction of sp³-hybridized carbons (Fsp3) is 0.873. The van der Waals surface area contributed by atoms with Crippen LogP contribution in [0.25, 0.3) is 0 Å². The van der Waals surface area contributed by atoms with Gasteiger partial charge in [-0.2, -0.15) is 0 Å². The number of carbonyl (C=O) groups is 3. The van der Waals surface area contributed by atoms with Gasteiger partial charge in [-0.3, -0.25) is 4.79 Å². The minimum atomic E-state index is -2.14. The summed E-state index contributed by atoms with van der Waals surface area (Å²) in [5, 5.41) is 143. The van der Waals surface area contributed by atoms with E-state index >= 15 is 0 Å². The van der Waals surface area contributed by atoms with Crippen LogP contribution in [-0.4, -0.2) is 227 Å². The zero-order valence-electron chi connectivity index (χ0n) is 46.4. The van der Waals surface area contributed by atoms with E-state index in [9.17, 15) is 80.8 Å². The SMILES string of the molecule is CC=C(C)C(=O)OC1C(OC(C)=O)C2(CO)C(O)CC3(C)C(=CCC4C5(C)CCC(OC6OC(C(=O)O)C(OC7OC(CO)C(O)C(O)C7OC7OC(CO)C(O)C(O)C7O)C(O)C6O)C(C)(CO)C5CCC43C)C2CC1(C)C. The summed E-state index contributed by atoms with van der Waals surface area (Å²) >= 11 is 0. The van der Waals surface area contributed by atoms with Gasteiger partial charge in [-0.15, -0.1) is 0 Å². The summed E-state index contributed by atoms with van der Waals surface area (Å²) in [5.41, 5.74) is -3.51. The van der Waals surface area contributed by atoms with Gasteiger partial charge >= 0.3 is 17.9 Å². The van der Waals surface area contributed by atoms with Crippen molar-refractivity contribution in [2.24, 2.45) is 50.2 Å². The molecule has 3 saturated heterocycles. The minimum Gasteiger partial charge on any atom is -0.479 e. The molecular formula is C55H86O24. The number of allylic oxidation sites excluding steroid dienone is 3. The van der Waals surface area contributed by atoms with Crippen LogP contribution in [0.2, 0.25) is 0 Å². The van der Waals surface area contributed by atoms with Crippen molar-refractivity contribution in [3.63, 3.8) is 0 Å². The highest BCUT2D eigenvalue weighted by molar-refractivity contribution is 5.87. The third-order valence-electron chi connectivity index (χ3n) is 21.1. The lowest BCUT2D eigenvalue weighted by Crippen LogP contribution is -2.72. The molecule has 0 spiro atoms. The second-order valence-corrected chi connectivity index (χ2v) is 25.5. The van der Waals surface area contributed by atoms with Crippen molar-refractivity contribution < 1.29 is 119 Å². The first-order valence-corrected chi connectivity index (χ1v) is 27.7. The third-order valence-corrected chi connectivity index (χ3v) is 21.1. The van der Waals surface area contributed by atoms with Crippen LogP contribution >= 0.6 is 0 Å². The van der Waals surface area contributed by atoms with Gasteiger partial charge in [0, 0.05) is 23.3 Å². The monoisotopic (exact) mass is 1130 g/mol. The van der Waals surface area contributed by atoms with E-state index in [1.807, 2.05) is 20.8 Å². The number of ether oxygens (including phenoxy) is 8. The molecule has 13 N–H and O–H groups in total. The van der Waals surface area contributed by atoms with Crippen molar-refractivity contribution in [3.05, 3.63) is 23.3 Å². The number of hydrogen-bond acceptors (Lipinski definition) is 23. The van der Waals surface area contributed by atoms with E-state index < -0.39 is 199 Å². The molecule has 79 heavy (non-hydrogen) atoms. The van der Waals surface area contributed by atoms with Gasteiger partial charge in [0.2, 0.25) is 0 Å². The van der Waals surface area contributed by atoms with Gasteiger partial charge in [0.25, 0.3) is 0 Å². The second kappa shape index (κ2) is 22.6. The van der Waals surface area contributed by atoms with Crippen molar-refractivity contribution in [1.29, 1.82) is 0 Å². The van der Waals surface area contributed by atoms with Gasteiger partial charge in [-0.1, -0.05) is 59.3 Å². The normalized spacial score (nSPS) is 50.6. The Hall–Kier alpha value is -2.83. The number of hydrogen-bond donors (Lipinski definition) is 13. The summed E-state index contributed by atoms with van der Waals surface area (Å²) in [5.74, 6) is -3.72. The van der Waals surface area contributed by atoms with E-state index in [2.05, 4.69) is 26.8 Å². The zero-order valence-corrected chi connectivity index (χ0v) is 46.4. The Kier molecular flexibility index (Phi) is 17.8. The van der Waals surface area contributed by atoms with Crippen LogP contribution < -0.4 is 0 Å². The molecule has 27 atom stereocenters. The van der Waals surface area contributed by atoms with E-state index in [1.54, 1.807) is 19.9 Å². The maximum Gasteiger partial charge on any atom is 0.335 e. The number of carboxylic acids is 1. The average Bonchev–Trinajstić information content (AvgIpc) is 3.59. The van der Waals surface area contributed by atoms with Crippen molar-refractivity contribution in [3.8, 4) is 0 Å². The molecule has 3 aliphatic heterocycles. The minimum absolute atomic E-state index is 0.0419. The Morgan fingerprint density at radius 1 is 0.658 bits per heavy atom. The Morgan fingerprint density at radius 3 is 1.82 bits per heavy atom. The molecule has 0 aromatic heterocycles. The van der Waals surface area contributed by atoms with Gasteiger partial charge in [-0.05, 0) is 92.8 Å². The number of carboxylic acid groups (broad SMARTS) is 1. The molecule has 450 valence electrons. The molecule has 0 aromatic rings. The Labute approximate surface area is 459 Å². The van der Waals surface area contributed by atoms with Crippen molar-refractivity contribution >= 4 is 17.9 Å². The number of rotatable bonds is 14. The fourth-order valence-corrected chi connectivity index (χ4v) is 16.2. The summed E-state index contributed by atoms with van der Waals surface area (Å²) in [7, 11) is 0. The topological polar surface area (TPSA) is 388 Å². The highest BCUT2D eigenvalue weighted by Gasteiger charge is 2.74. The molecule has 0 amide bonds. The smallest absolute Gasteiger partial charge is 0.335 e. The Morgan fingerprint density at radius 2 is 1.24 bits per heavy atom. The van der Waals surface area contributed by atoms with Gasteiger partial charge in [-0.25, -0.2) is 9.59 Å². The number of esters is 2. The van der Waals surface area contributed by atoms with Crippen LogP contribution in [0.4, 0.5) is 0 Å². The van der Waals surface area contributed by atoms with Gasteiger partial charge in [0.15, 0.2) is 25.0 Å². The molecule has 5 aliphatic carbocycles. The van der Waals surface area contributed by atoms with Gasteiger partial charge in [0.05, 0.1) is 44.1 Å². The molecule has 0 aromatic carbocycles. The van der Waals surface area contributed by atoms with E-state index in [-0.39, 0.29) is 24.7 Å². The number of aliphatic carboxylic acids is 1. The van der Waals surface area contributed by atoms with Crippen LogP contribution in [0.3, 0.4) is 0 Å². The van der Waals surface area contributed by atoms with E-state index in [0.29, 0.717) is 37.7 Å². The number of fused-ring (bicyclic) bond motifs is 7. The molecule has 8 rings (SSSR count). The molecule has 27 unspecified atom stereocenters. The molecular weight excluding hydrogens is 1040 g/mol. The second-order valence-electron chi connectivity index (χ2n) is 25.5. The van der Waals surface area contributed by atoms with Crippen molar-refractivity contribution in [1.82, 2.24) is 0 Å². The number of carbonyl (C=O) groups excluding carboxylic acids is 2. The standard InChI is InChI=1S/C55H86O24/c1-10-23(2)46(71)79-43-44(72-24(3)60)55(22-59)26(17-50(43,4)5)25-11-12-30-51(6)15-14-32(52(7,21-58)29(51)13-16-53(30,8)54(25,9)18-31(55)61)75-48-39(68)37(66)40(42(78-48)45(69)70)76-49-41(36(65)34(63)28(20-57)74-49)77-47-38(67)35(64)33(62)27(19-56)73-47/h10-11,26-44,47-49,56-59,61-68H,12-22H2,1-9H3,(H,69,70). The molecule has 0 bridgehead atoms. The van der Waals surface area contributed by atoms with Crippen LogP contribution in [0.1, 0.15) is 107 Å².